The predicted octanol–water partition coefficient (Wildman–Crippen LogP) is 3.00. The van der Waals surface area contributed by atoms with Crippen LogP contribution in [0.5, 0.6) is 0 Å². The number of nitrogens with zero attached hydrogens (tertiary/aromatic N) is 1. The van der Waals surface area contributed by atoms with Crippen molar-refractivity contribution in [3.05, 3.63) is 36.2 Å². The summed E-state index contributed by atoms with van der Waals surface area (Å²) in [4.78, 5) is 15.9. The highest BCUT2D eigenvalue weighted by molar-refractivity contribution is 5.91. The third-order valence-corrected chi connectivity index (χ3v) is 3.06. The van der Waals surface area contributed by atoms with Crippen molar-refractivity contribution in [3.8, 4) is 0 Å². The van der Waals surface area contributed by atoms with Crippen LogP contribution in [0.25, 0.3) is 17.2 Å². The second kappa shape index (κ2) is 5.69. The molecule has 1 heterocycles. The number of amides is 1. The summed E-state index contributed by atoms with van der Waals surface area (Å²) in [6.07, 6.45) is 3.03. The molecule has 4 nitrogen and oxygen atoms in total. The fraction of sp³-hybridized carbons (Fsp3) is 0.333. The molecule has 0 bridgehead atoms. The average Bonchev–Trinajstić information content (AvgIpc) is 2.78. The maximum atomic E-state index is 11.7. The van der Waals surface area contributed by atoms with Crippen molar-refractivity contribution in [2.24, 2.45) is 5.92 Å². The van der Waals surface area contributed by atoms with Gasteiger partial charge in [-0.3, -0.25) is 4.79 Å². The van der Waals surface area contributed by atoms with Gasteiger partial charge in [0.2, 0.25) is 11.8 Å². The van der Waals surface area contributed by atoms with Gasteiger partial charge in [0, 0.05) is 18.2 Å². The Bertz CT molecular complexity index is 566. The number of fused-ring (bicyclic) bond motifs is 1. The van der Waals surface area contributed by atoms with Crippen LogP contribution in [0.3, 0.4) is 0 Å². The summed E-state index contributed by atoms with van der Waals surface area (Å²) in [5.41, 5.74) is 1.51. The number of carbonyl (C=O) groups is 1. The number of hydrogen-bond donors (Lipinski definition) is 1. The molecule has 0 radical (unpaired) electrons. The Kier molecular flexibility index (Phi) is 4.00. The molecule has 1 unspecified atom stereocenters. The molecule has 100 valence electrons. The van der Waals surface area contributed by atoms with Crippen molar-refractivity contribution in [1.82, 2.24) is 10.3 Å². The molecule has 1 amide bonds. The molecule has 0 spiro atoms. The number of oxazole rings is 1. The number of para-hydroxylation sites is 2. The molecule has 0 fully saturated rings. The van der Waals surface area contributed by atoms with Gasteiger partial charge in [-0.05, 0) is 25.0 Å². The molecule has 0 aliphatic rings. The third kappa shape index (κ3) is 3.44. The highest BCUT2D eigenvalue weighted by Crippen LogP contribution is 2.15. The van der Waals surface area contributed by atoms with Gasteiger partial charge in [0.25, 0.3) is 0 Å². The SMILES string of the molecule is CC(C)C(C)NC(=O)/C=C/c1nc2ccccc2o1. The number of nitrogens with one attached hydrogen (secondary N) is 1. The molecule has 1 N–H and O–H groups in total. The van der Waals surface area contributed by atoms with E-state index in [4.69, 9.17) is 4.42 Å². The fourth-order valence-corrected chi connectivity index (χ4v) is 1.55. The van der Waals surface area contributed by atoms with Crippen molar-refractivity contribution >= 4 is 23.1 Å². The number of hydrogen-bond acceptors (Lipinski definition) is 3. The Hall–Kier alpha value is -2.10. The third-order valence-electron chi connectivity index (χ3n) is 3.06. The van der Waals surface area contributed by atoms with Crippen LogP contribution in [0.1, 0.15) is 26.7 Å². The van der Waals surface area contributed by atoms with Crippen LogP contribution >= 0.6 is 0 Å². The maximum Gasteiger partial charge on any atom is 0.244 e. The lowest BCUT2D eigenvalue weighted by atomic mass is 10.1. The van der Waals surface area contributed by atoms with E-state index in [1.165, 1.54) is 6.08 Å². The van der Waals surface area contributed by atoms with Crippen LogP contribution < -0.4 is 5.32 Å². The zero-order valence-corrected chi connectivity index (χ0v) is 11.4. The lowest BCUT2D eigenvalue weighted by Crippen LogP contribution is -2.34. The van der Waals surface area contributed by atoms with E-state index in [-0.39, 0.29) is 11.9 Å². The first-order valence-electron chi connectivity index (χ1n) is 6.40. The summed E-state index contributed by atoms with van der Waals surface area (Å²) in [7, 11) is 0. The number of rotatable bonds is 4. The standard InChI is InChI=1S/C15H18N2O2/c1-10(2)11(3)16-14(18)8-9-15-17-12-6-4-5-7-13(12)19-15/h4-11H,1-3H3,(H,16,18)/b9-8+. The first-order valence-corrected chi connectivity index (χ1v) is 6.40. The van der Waals surface area contributed by atoms with Crippen LogP contribution in [0.4, 0.5) is 0 Å². The minimum Gasteiger partial charge on any atom is -0.437 e. The predicted molar refractivity (Wildman–Crippen MR) is 75.5 cm³/mol. The Morgan fingerprint density at radius 1 is 1.32 bits per heavy atom. The zero-order valence-electron chi connectivity index (χ0n) is 11.4. The summed E-state index contributed by atoms with van der Waals surface area (Å²) in [6.45, 7) is 6.11. The second-order valence-corrected chi connectivity index (χ2v) is 4.89. The van der Waals surface area contributed by atoms with Crippen molar-refractivity contribution in [2.75, 3.05) is 0 Å². The smallest absolute Gasteiger partial charge is 0.244 e. The highest BCUT2D eigenvalue weighted by atomic mass is 16.3. The van der Waals surface area contributed by atoms with Gasteiger partial charge in [-0.1, -0.05) is 26.0 Å². The summed E-state index contributed by atoms with van der Waals surface area (Å²) in [6, 6.07) is 7.64. The Labute approximate surface area is 112 Å². The van der Waals surface area contributed by atoms with Crippen LogP contribution in [-0.2, 0) is 4.79 Å². The van der Waals surface area contributed by atoms with Crippen molar-refractivity contribution < 1.29 is 9.21 Å². The molecule has 0 saturated heterocycles. The number of aromatic nitrogens is 1. The van der Waals surface area contributed by atoms with E-state index in [9.17, 15) is 4.79 Å². The molecule has 0 saturated carbocycles. The van der Waals surface area contributed by atoms with Crippen LogP contribution in [0.2, 0.25) is 0 Å². The quantitative estimate of drug-likeness (QED) is 0.858. The maximum absolute atomic E-state index is 11.7. The van der Waals surface area contributed by atoms with E-state index in [2.05, 4.69) is 24.1 Å². The molecule has 1 aromatic heterocycles. The van der Waals surface area contributed by atoms with E-state index in [0.717, 1.165) is 11.1 Å². The lowest BCUT2D eigenvalue weighted by Gasteiger charge is -2.15. The van der Waals surface area contributed by atoms with Crippen LogP contribution in [0, 0.1) is 5.92 Å². The first-order chi connectivity index (χ1) is 9.06. The second-order valence-electron chi connectivity index (χ2n) is 4.89. The number of benzene rings is 1. The van der Waals surface area contributed by atoms with Crippen LogP contribution in [0.15, 0.2) is 34.8 Å². The Balaban J connectivity index is 2.03. The lowest BCUT2D eigenvalue weighted by molar-refractivity contribution is -0.117. The summed E-state index contributed by atoms with van der Waals surface area (Å²) < 4.78 is 5.49. The highest BCUT2D eigenvalue weighted by Gasteiger charge is 2.08. The van der Waals surface area contributed by atoms with Crippen LogP contribution in [-0.4, -0.2) is 16.9 Å². The minimum atomic E-state index is -0.136. The van der Waals surface area contributed by atoms with Gasteiger partial charge in [0.1, 0.15) is 5.52 Å². The topological polar surface area (TPSA) is 55.1 Å². The van der Waals surface area contributed by atoms with Gasteiger partial charge in [-0.2, -0.15) is 0 Å². The number of carbonyl (C=O) groups excluding carboxylic acids is 1. The molecular formula is C15H18N2O2. The molecule has 2 aromatic rings. The van der Waals surface area contributed by atoms with E-state index in [0.29, 0.717) is 11.8 Å². The van der Waals surface area contributed by atoms with Crippen molar-refractivity contribution in [2.45, 2.75) is 26.8 Å². The van der Waals surface area contributed by atoms with Gasteiger partial charge in [-0.15, -0.1) is 0 Å². The molecule has 0 aliphatic carbocycles. The molecule has 1 aromatic carbocycles. The summed E-state index contributed by atoms with van der Waals surface area (Å²) in [5, 5.41) is 2.89. The van der Waals surface area contributed by atoms with E-state index in [1.54, 1.807) is 6.08 Å². The minimum absolute atomic E-state index is 0.136. The van der Waals surface area contributed by atoms with Gasteiger partial charge >= 0.3 is 0 Å². The molecular weight excluding hydrogens is 240 g/mol. The molecule has 4 heteroatoms. The van der Waals surface area contributed by atoms with E-state index < -0.39 is 0 Å². The summed E-state index contributed by atoms with van der Waals surface area (Å²) in [5.74, 6) is 0.707. The zero-order chi connectivity index (χ0) is 13.8. The van der Waals surface area contributed by atoms with Gasteiger partial charge < -0.3 is 9.73 Å². The molecule has 0 aliphatic heterocycles. The van der Waals surface area contributed by atoms with Gasteiger partial charge in [0.15, 0.2) is 5.58 Å². The normalized spacial score (nSPS) is 13.3. The monoisotopic (exact) mass is 258 g/mol. The fourth-order valence-electron chi connectivity index (χ4n) is 1.55. The van der Waals surface area contributed by atoms with Gasteiger partial charge in [-0.25, -0.2) is 4.98 Å². The van der Waals surface area contributed by atoms with E-state index in [1.807, 2.05) is 31.2 Å². The largest absolute Gasteiger partial charge is 0.437 e. The molecule has 2 rings (SSSR count). The molecule has 19 heavy (non-hydrogen) atoms. The summed E-state index contributed by atoms with van der Waals surface area (Å²) >= 11 is 0. The molecule has 1 atom stereocenters. The van der Waals surface area contributed by atoms with Gasteiger partial charge in [0.05, 0.1) is 0 Å². The first kappa shape index (κ1) is 13.3. The van der Waals surface area contributed by atoms with E-state index >= 15 is 0 Å². The Morgan fingerprint density at radius 2 is 2.05 bits per heavy atom. The average molecular weight is 258 g/mol. The van der Waals surface area contributed by atoms with Crippen molar-refractivity contribution in [3.63, 3.8) is 0 Å². The Morgan fingerprint density at radius 3 is 2.74 bits per heavy atom. The van der Waals surface area contributed by atoms with Crippen molar-refractivity contribution in [1.29, 1.82) is 0 Å².